The Kier molecular flexibility index (Phi) is 6.89. The van der Waals surface area contributed by atoms with Crippen LogP contribution in [0.15, 0.2) is 48.8 Å². The average Bonchev–Trinajstić information content (AvgIpc) is 3.40. The zero-order valence-corrected chi connectivity index (χ0v) is 22.0. The van der Waals surface area contributed by atoms with Crippen molar-refractivity contribution in [3.8, 4) is 0 Å². The fraction of sp³-hybridized carbons (Fsp3) is 0.483. The molecule has 0 aliphatic carbocycles. The van der Waals surface area contributed by atoms with E-state index in [0.29, 0.717) is 44.6 Å². The largest absolute Gasteiger partial charge is 0.315 e. The maximum absolute atomic E-state index is 14.3. The fourth-order valence-corrected chi connectivity index (χ4v) is 5.84. The van der Waals surface area contributed by atoms with Crippen LogP contribution in [-0.4, -0.2) is 71.4 Å². The van der Waals surface area contributed by atoms with Crippen LogP contribution in [0, 0.1) is 5.82 Å². The van der Waals surface area contributed by atoms with E-state index in [1.54, 1.807) is 23.2 Å². The lowest BCUT2D eigenvalue weighted by molar-refractivity contribution is -0.126. The van der Waals surface area contributed by atoms with Gasteiger partial charge in [0.15, 0.2) is 0 Å². The normalized spacial score (nSPS) is 23.4. The van der Waals surface area contributed by atoms with Crippen molar-refractivity contribution in [2.24, 2.45) is 0 Å². The molecule has 0 saturated carbocycles. The van der Waals surface area contributed by atoms with Crippen molar-refractivity contribution < 1.29 is 14.0 Å². The molecular formula is C29H36FN5O2. The molecule has 2 atom stereocenters. The molecule has 196 valence electrons. The van der Waals surface area contributed by atoms with Crippen molar-refractivity contribution in [3.63, 3.8) is 0 Å². The number of likely N-dealkylation sites (tertiary alicyclic amines) is 1. The SMILES string of the molecule is C=C([C@H]1CN[C@H](C)CN1CC(=O)N1CC(C)(C)c2ncc(Cc3ccccc3F)cc21)N1CCCC1=O. The van der Waals surface area contributed by atoms with E-state index in [0.717, 1.165) is 29.1 Å². The van der Waals surface area contributed by atoms with Gasteiger partial charge in [-0.05, 0) is 36.6 Å². The van der Waals surface area contributed by atoms with Gasteiger partial charge in [0.1, 0.15) is 5.82 Å². The molecule has 0 unspecified atom stereocenters. The molecule has 3 aliphatic rings. The second-order valence-corrected chi connectivity index (χ2v) is 11.2. The number of nitrogens with zero attached hydrogens (tertiary/aromatic N) is 4. The predicted octanol–water partition coefficient (Wildman–Crippen LogP) is 3.23. The summed E-state index contributed by atoms with van der Waals surface area (Å²) in [5, 5.41) is 3.48. The minimum Gasteiger partial charge on any atom is -0.315 e. The van der Waals surface area contributed by atoms with Crippen LogP contribution in [-0.2, 0) is 21.4 Å². The van der Waals surface area contributed by atoms with Crippen LogP contribution in [0.4, 0.5) is 10.1 Å². The van der Waals surface area contributed by atoms with Crippen LogP contribution < -0.4 is 10.2 Å². The number of hydrogen-bond donors (Lipinski definition) is 1. The number of carbonyl (C=O) groups is 2. The first-order valence-corrected chi connectivity index (χ1v) is 13.1. The van der Waals surface area contributed by atoms with Gasteiger partial charge < -0.3 is 15.1 Å². The summed E-state index contributed by atoms with van der Waals surface area (Å²) >= 11 is 0. The summed E-state index contributed by atoms with van der Waals surface area (Å²) in [6.45, 7) is 13.3. The third kappa shape index (κ3) is 5.05. The second kappa shape index (κ2) is 9.99. The van der Waals surface area contributed by atoms with Gasteiger partial charge in [-0.3, -0.25) is 19.5 Å². The summed E-state index contributed by atoms with van der Waals surface area (Å²) in [5.74, 6) is -0.137. The Morgan fingerprint density at radius 3 is 2.78 bits per heavy atom. The van der Waals surface area contributed by atoms with Crippen LogP contribution in [0.2, 0.25) is 0 Å². The molecule has 37 heavy (non-hydrogen) atoms. The highest BCUT2D eigenvalue weighted by atomic mass is 19.1. The maximum Gasteiger partial charge on any atom is 0.241 e. The summed E-state index contributed by atoms with van der Waals surface area (Å²) < 4.78 is 14.3. The number of pyridine rings is 1. The van der Waals surface area contributed by atoms with Crippen molar-refractivity contribution in [3.05, 3.63) is 71.4 Å². The molecule has 0 spiro atoms. The van der Waals surface area contributed by atoms with Gasteiger partial charge in [0, 0.05) is 62.4 Å². The number of rotatable bonds is 6. The Hall–Kier alpha value is -3.10. The molecule has 4 heterocycles. The van der Waals surface area contributed by atoms with E-state index >= 15 is 0 Å². The predicted molar refractivity (Wildman–Crippen MR) is 142 cm³/mol. The van der Waals surface area contributed by atoms with Gasteiger partial charge in [0.2, 0.25) is 11.8 Å². The van der Waals surface area contributed by atoms with Crippen LogP contribution >= 0.6 is 0 Å². The van der Waals surface area contributed by atoms with E-state index < -0.39 is 0 Å². The van der Waals surface area contributed by atoms with E-state index in [1.165, 1.54) is 6.07 Å². The first-order valence-electron chi connectivity index (χ1n) is 13.1. The first kappa shape index (κ1) is 25.5. The molecule has 2 aromatic rings. The van der Waals surface area contributed by atoms with E-state index in [4.69, 9.17) is 4.98 Å². The molecule has 2 saturated heterocycles. The molecule has 2 amide bonds. The number of fused-ring (bicyclic) bond motifs is 1. The molecule has 1 aromatic heterocycles. The Morgan fingerprint density at radius 1 is 1.27 bits per heavy atom. The van der Waals surface area contributed by atoms with E-state index in [-0.39, 0.29) is 41.7 Å². The lowest BCUT2D eigenvalue weighted by Crippen LogP contribution is -2.59. The maximum atomic E-state index is 14.3. The number of halogens is 1. The summed E-state index contributed by atoms with van der Waals surface area (Å²) in [5.41, 5.74) is 3.64. The molecule has 2 fully saturated rings. The van der Waals surface area contributed by atoms with Crippen molar-refractivity contribution >= 4 is 17.5 Å². The van der Waals surface area contributed by atoms with E-state index in [9.17, 15) is 14.0 Å². The van der Waals surface area contributed by atoms with Gasteiger partial charge >= 0.3 is 0 Å². The standard InChI is InChI=1S/C29H36FN5O2/c1-19-16-33(25(15-31-19)20(2)34-11-7-10-26(34)36)17-27(37)35-18-29(3,4)28-24(35)13-21(14-32-28)12-22-8-5-6-9-23(22)30/h5-6,8-9,13-14,19,25,31H,2,7,10-12,15-18H2,1,3-4H3/t19-,25-/m1/s1. The third-order valence-corrected chi connectivity index (χ3v) is 7.81. The van der Waals surface area contributed by atoms with Crippen molar-refractivity contribution in [1.82, 2.24) is 20.1 Å². The summed E-state index contributed by atoms with van der Waals surface area (Å²) in [6, 6.07) is 8.84. The summed E-state index contributed by atoms with van der Waals surface area (Å²) in [4.78, 5) is 36.7. The van der Waals surface area contributed by atoms with Crippen LogP contribution in [0.1, 0.15) is 50.4 Å². The molecule has 0 radical (unpaired) electrons. The first-order chi connectivity index (χ1) is 17.6. The van der Waals surface area contributed by atoms with Crippen LogP contribution in [0.3, 0.4) is 0 Å². The lowest BCUT2D eigenvalue weighted by atomic mass is 9.91. The number of amides is 2. The number of piperazine rings is 1. The van der Waals surface area contributed by atoms with E-state index in [2.05, 4.69) is 37.6 Å². The monoisotopic (exact) mass is 505 g/mol. The highest BCUT2D eigenvalue weighted by Gasteiger charge is 2.41. The lowest BCUT2D eigenvalue weighted by Gasteiger charge is -2.42. The topological polar surface area (TPSA) is 68.8 Å². The van der Waals surface area contributed by atoms with Crippen LogP contribution in [0.5, 0.6) is 0 Å². The number of nitrogens with one attached hydrogen (secondary N) is 1. The van der Waals surface area contributed by atoms with E-state index in [1.807, 2.05) is 17.0 Å². The zero-order chi connectivity index (χ0) is 26.3. The summed E-state index contributed by atoms with van der Waals surface area (Å²) in [6.07, 6.45) is 3.61. The highest BCUT2D eigenvalue weighted by molar-refractivity contribution is 5.97. The Morgan fingerprint density at radius 2 is 2.05 bits per heavy atom. The fourth-order valence-electron chi connectivity index (χ4n) is 5.84. The summed E-state index contributed by atoms with van der Waals surface area (Å²) in [7, 11) is 0. The minimum atomic E-state index is -0.288. The van der Waals surface area contributed by atoms with Crippen molar-refractivity contribution in [1.29, 1.82) is 0 Å². The van der Waals surface area contributed by atoms with Gasteiger partial charge in [-0.25, -0.2) is 4.39 Å². The highest BCUT2D eigenvalue weighted by Crippen LogP contribution is 2.40. The molecule has 1 aromatic carbocycles. The van der Waals surface area contributed by atoms with Crippen molar-refractivity contribution in [2.45, 2.75) is 57.5 Å². The molecule has 0 bridgehead atoms. The Balaban J connectivity index is 1.37. The number of aromatic nitrogens is 1. The molecule has 7 nitrogen and oxygen atoms in total. The molecule has 5 rings (SSSR count). The third-order valence-electron chi connectivity index (χ3n) is 7.81. The minimum absolute atomic E-state index is 0.00341. The number of carbonyl (C=O) groups excluding carboxylic acids is 2. The second-order valence-electron chi connectivity index (χ2n) is 11.2. The molecular weight excluding hydrogens is 469 g/mol. The molecule has 8 heteroatoms. The van der Waals surface area contributed by atoms with Crippen LogP contribution in [0.25, 0.3) is 0 Å². The Bertz CT molecular complexity index is 1230. The Labute approximate surface area is 218 Å². The quantitative estimate of drug-likeness (QED) is 0.653. The van der Waals surface area contributed by atoms with Gasteiger partial charge in [-0.1, -0.05) is 38.6 Å². The number of benzene rings is 1. The average molecular weight is 506 g/mol. The molecule has 3 aliphatic heterocycles. The van der Waals surface area contributed by atoms with Gasteiger partial charge in [-0.15, -0.1) is 0 Å². The van der Waals surface area contributed by atoms with Crippen molar-refractivity contribution in [2.75, 3.05) is 37.6 Å². The smallest absolute Gasteiger partial charge is 0.241 e. The zero-order valence-electron chi connectivity index (χ0n) is 22.0. The van der Waals surface area contributed by atoms with Gasteiger partial charge in [0.05, 0.1) is 24.0 Å². The van der Waals surface area contributed by atoms with Gasteiger partial charge in [-0.2, -0.15) is 0 Å². The molecule has 1 N–H and O–H groups in total. The number of anilines is 1. The van der Waals surface area contributed by atoms with Gasteiger partial charge in [0.25, 0.3) is 0 Å². The number of hydrogen-bond acceptors (Lipinski definition) is 5.